The first-order valence-corrected chi connectivity index (χ1v) is 6.68. The van der Waals surface area contributed by atoms with Gasteiger partial charge in [-0.05, 0) is 28.7 Å². The highest BCUT2D eigenvalue weighted by atomic mass is 127. The number of hydrogen-bond acceptors (Lipinski definition) is 3. The van der Waals surface area contributed by atoms with Crippen LogP contribution in [0, 0.1) is 3.57 Å². The van der Waals surface area contributed by atoms with Gasteiger partial charge in [-0.1, -0.05) is 0 Å². The first-order valence-electron chi connectivity index (χ1n) is 3.30. The van der Waals surface area contributed by atoms with Gasteiger partial charge in [-0.3, -0.25) is 0 Å². The minimum absolute atomic E-state index is 0.250. The standard InChI is InChI=1S/C6H2ClF3INO2S/c7-15(13,14)4-1-3(11)2-12-5(4)6(8,9)10/h1-2H. The van der Waals surface area contributed by atoms with Crippen LogP contribution in [0.15, 0.2) is 17.2 Å². The van der Waals surface area contributed by atoms with Crippen molar-refractivity contribution < 1.29 is 21.6 Å². The van der Waals surface area contributed by atoms with Crippen molar-refractivity contribution in [3.63, 3.8) is 0 Å². The summed E-state index contributed by atoms with van der Waals surface area (Å²) in [5, 5.41) is 0. The Labute approximate surface area is 101 Å². The molecule has 0 aromatic carbocycles. The molecule has 0 N–H and O–H groups in total. The maximum Gasteiger partial charge on any atom is 0.434 e. The van der Waals surface area contributed by atoms with Gasteiger partial charge in [-0.2, -0.15) is 13.2 Å². The predicted molar refractivity (Wildman–Crippen MR) is 55.0 cm³/mol. The third-order valence-electron chi connectivity index (χ3n) is 1.35. The normalized spacial score (nSPS) is 12.9. The van der Waals surface area contributed by atoms with E-state index in [9.17, 15) is 21.6 Å². The van der Waals surface area contributed by atoms with Gasteiger partial charge in [0.1, 0.15) is 4.90 Å². The van der Waals surface area contributed by atoms with E-state index in [-0.39, 0.29) is 3.57 Å². The Morgan fingerprint density at radius 1 is 1.40 bits per heavy atom. The second-order valence-corrected chi connectivity index (χ2v) is 6.22. The van der Waals surface area contributed by atoms with Gasteiger partial charge in [0.2, 0.25) is 0 Å². The van der Waals surface area contributed by atoms with E-state index in [4.69, 9.17) is 10.7 Å². The van der Waals surface area contributed by atoms with Crippen LogP contribution >= 0.6 is 33.3 Å². The molecule has 0 atom stereocenters. The van der Waals surface area contributed by atoms with E-state index in [2.05, 4.69) is 4.98 Å². The summed E-state index contributed by atoms with van der Waals surface area (Å²) in [6.45, 7) is 0. The molecule has 1 rings (SSSR count). The molecule has 0 saturated heterocycles. The number of alkyl halides is 3. The highest BCUT2D eigenvalue weighted by Gasteiger charge is 2.38. The summed E-state index contributed by atoms with van der Waals surface area (Å²) < 4.78 is 59.0. The van der Waals surface area contributed by atoms with Crippen molar-refractivity contribution in [3.8, 4) is 0 Å². The zero-order valence-corrected chi connectivity index (χ0v) is 10.4. The summed E-state index contributed by atoms with van der Waals surface area (Å²) in [4.78, 5) is 2.00. The van der Waals surface area contributed by atoms with Crippen LogP contribution in [-0.4, -0.2) is 13.4 Å². The molecular formula is C6H2ClF3INO2S. The average Bonchev–Trinajstić information content (AvgIpc) is 2.00. The SMILES string of the molecule is O=S(=O)(Cl)c1cc(I)cnc1C(F)(F)F. The summed E-state index contributed by atoms with van der Waals surface area (Å²) in [6, 6.07) is 0.818. The van der Waals surface area contributed by atoms with E-state index in [1.54, 1.807) is 22.6 Å². The molecule has 1 aromatic heterocycles. The lowest BCUT2D eigenvalue weighted by Crippen LogP contribution is -2.13. The maximum absolute atomic E-state index is 12.3. The van der Waals surface area contributed by atoms with Crippen molar-refractivity contribution in [1.82, 2.24) is 4.98 Å². The Balaban J connectivity index is 3.55. The van der Waals surface area contributed by atoms with E-state index in [0.29, 0.717) is 0 Å². The van der Waals surface area contributed by atoms with Crippen LogP contribution in [0.5, 0.6) is 0 Å². The Morgan fingerprint density at radius 3 is 2.33 bits per heavy atom. The summed E-state index contributed by atoms with van der Waals surface area (Å²) in [7, 11) is 0.416. The number of pyridine rings is 1. The topological polar surface area (TPSA) is 47.0 Å². The van der Waals surface area contributed by atoms with Gasteiger partial charge in [0, 0.05) is 20.4 Å². The van der Waals surface area contributed by atoms with Crippen molar-refractivity contribution in [2.45, 2.75) is 11.1 Å². The van der Waals surface area contributed by atoms with Crippen molar-refractivity contribution in [1.29, 1.82) is 0 Å². The van der Waals surface area contributed by atoms with Crippen molar-refractivity contribution in [3.05, 3.63) is 21.5 Å². The molecule has 9 heteroatoms. The Morgan fingerprint density at radius 2 is 1.93 bits per heavy atom. The number of halogens is 5. The molecule has 0 fully saturated rings. The van der Waals surface area contributed by atoms with Crippen LogP contribution in [-0.2, 0) is 15.2 Å². The molecule has 3 nitrogen and oxygen atoms in total. The zero-order chi connectivity index (χ0) is 11.9. The van der Waals surface area contributed by atoms with Gasteiger partial charge in [0.05, 0.1) is 0 Å². The van der Waals surface area contributed by atoms with Crippen LogP contribution < -0.4 is 0 Å². The maximum atomic E-state index is 12.3. The summed E-state index contributed by atoms with van der Waals surface area (Å²) in [5.41, 5.74) is -1.50. The third-order valence-corrected chi connectivity index (χ3v) is 3.28. The average molecular weight is 372 g/mol. The summed E-state index contributed by atoms with van der Waals surface area (Å²) in [5.74, 6) is 0. The minimum Gasteiger partial charge on any atom is -0.249 e. The number of hydrogen-bond donors (Lipinski definition) is 0. The second kappa shape index (κ2) is 4.06. The Bertz CT molecular complexity index is 488. The van der Waals surface area contributed by atoms with Gasteiger partial charge in [0.15, 0.2) is 5.69 Å². The van der Waals surface area contributed by atoms with Gasteiger partial charge in [-0.25, -0.2) is 13.4 Å². The second-order valence-electron chi connectivity index (χ2n) is 2.44. The molecule has 0 aliphatic heterocycles. The minimum atomic E-state index is -4.85. The van der Waals surface area contributed by atoms with E-state index < -0.39 is 25.8 Å². The molecule has 0 aliphatic rings. The molecule has 0 radical (unpaired) electrons. The predicted octanol–water partition coefficient (Wildman–Crippen LogP) is 2.63. The fourth-order valence-electron chi connectivity index (χ4n) is 0.819. The first-order chi connectivity index (χ1) is 6.62. The molecule has 0 amide bonds. The molecule has 0 spiro atoms. The van der Waals surface area contributed by atoms with Crippen molar-refractivity contribution in [2.24, 2.45) is 0 Å². The summed E-state index contributed by atoms with van der Waals surface area (Å²) >= 11 is 1.64. The Hall–Kier alpha value is -0.0900. The van der Waals surface area contributed by atoms with Crippen LogP contribution in [0.3, 0.4) is 0 Å². The van der Waals surface area contributed by atoms with Crippen molar-refractivity contribution >= 4 is 42.3 Å². The Kier molecular flexibility index (Phi) is 3.51. The van der Waals surface area contributed by atoms with E-state index in [1.807, 2.05) is 0 Å². The molecule has 84 valence electrons. The van der Waals surface area contributed by atoms with Gasteiger partial charge in [0.25, 0.3) is 9.05 Å². The summed E-state index contributed by atoms with van der Waals surface area (Å²) in [6.07, 6.45) is -3.93. The molecule has 1 heterocycles. The van der Waals surface area contributed by atoms with Crippen LogP contribution in [0.1, 0.15) is 5.69 Å². The van der Waals surface area contributed by atoms with E-state index in [0.717, 1.165) is 12.3 Å². The van der Waals surface area contributed by atoms with Gasteiger partial charge >= 0.3 is 6.18 Å². The monoisotopic (exact) mass is 371 g/mol. The molecule has 0 unspecified atom stereocenters. The number of rotatable bonds is 1. The third kappa shape index (κ3) is 3.18. The number of nitrogens with zero attached hydrogens (tertiary/aromatic N) is 1. The number of aromatic nitrogens is 1. The lowest BCUT2D eigenvalue weighted by atomic mass is 10.3. The lowest BCUT2D eigenvalue weighted by molar-refractivity contribution is -0.143. The quantitative estimate of drug-likeness (QED) is 0.563. The van der Waals surface area contributed by atoms with E-state index >= 15 is 0 Å². The highest BCUT2D eigenvalue weighted by molar-refractivity contribution is 14.1. The first kappa shape index (κ1) is 13.0. The van der Waals surface area contributed by atoms with Crippen molar-refractivity contribution in [2.75, 3.05) is 0 Å². The van der Waals surface area contributed by atoms with Crippen LogP contribution in [0.4, 0.5) is 13.2 Å². The van der Waals surface area contributed by atoms with Crippen LogP contribution in [0.25, 0.3) is 0 Å². The van der Waals surface area contributed by atoms with E-state index in [1.165, 1.54) is 0 Å². The zero-order valence-electron chi connectivity index (χ0n) is 6.72. The van der Waals surface area contributed by atoms with Crippen LogP contribution in [0.2, 0.25) is 0 Å². The largest absolute Gasteiger partial charge is 0.434 e. The fourth-order valence-corrected chi connectivity index (χ4v) is 2.50. The molecule has 0 saturated carbocycles. The smallest absolute Gasteiger partial charge is 0.249 e. The molecule has 0 bridgehead atoms. The lowest BCUT2D eigenvalue weighted by Gasteiger charge is -2.09. The molecule has 15 heavy (non-hydrogen) atoms. The van der Waals surface area contributed by atoms with Gasteiger partial charge in [-0.15, -0.1) is 0 Å². The molecular weight excluding hydrogens is 369 g/mol. The highest BCUT2D eigenvalue weighted by Crippen LogP contribution is 2.34. The van der Waals surface area contributed by atoms with Gasteiger partial charge < -0.3 is 0 Å². The molecule has 1 aromatic rings. The fraction of sp³-hybridized carbons (Fsp3) is 0.167. The molecule has 0 aliphatic carbocycles.